The molecule has 2 aliphatic heterocycles. The Kier molecular flexibility index (Phi) is 5.67. The lowest BCUT2D eigenvalue weighted by Gasteiger charge is -2.31. The fourth-order valence-corrected chi connectivity index (χ4v) is 5.14. The number of aromatic nitrogens is 2. The minimum Gasteiger partial charge on any atom is -0.454 e. The van der Waals surface area contributed by atoms with E-state index in [-0.39, 0.29) is 43.2 Å². The molecule has 0 aliphatic carbocycles. The highest BCUT2D eigenvalue weighted by Crippen LogP contribution is 2.39. The van der Waals surface area contributed by atoms with Crippen LogP contribution in [-0.4, -0.2) is 51.7 Å². The van der Waals surface area contributed by atoms with Crippen molar-refractivity contribution >= 4 is 28.5 Å². The average Bonchev–Trinajstić information content (AvgIpc) is 3.49. The van der Waals surface area contributed by atoms with Gasteiger partial charge in [-0.15, -0.1) is 0 Å². The van der Waals surface area contributed by atoms with E-state index >= 15 is 0 Å². The maximum absolute atomic E-state index is 13.3. The van der Waals surface area contributed by atoms with Crippen molar-refractivity contribution in [2.75, 3.05) is 18.2 Å². The number of amides is 2. The predicted octanol–water partition coefficient (Wildman–Crippen LogP) is 3.93. The van der Waals surface area contributed by atoms with Crippen LogP contribution in [0.1, 0.15) is 45.9 Å². The summed E-state index contributed by atoms with van der Waals surface area (Å²) in [6.07, 6.45) is 0.337. The molecule has 178 valence electrons. The highest BCUT2D eigenvalue weighted by molar-refractivity contribution is 5.97. The van der Waals surface area contributed by atoms with E-state index in [1.807, 2.05) is 79.6 Å². The van der Waals surface area contributed by atoms with E-state index in [9.17, 15) is 9.59 Å². The van der Waals surface area contributed by atoms with Gasteiger partial charge in [0.2, 0.25) is 18.6 Å². The SMILES string of the molecule is CC(C)N(C(=O)Cn1c(C2CC(=O)N(c3ccc4c(c3)OCO4)C2)nc2ccccc21)C(C)C. The molecule has 1 aromatic heterocycles. The molecular formula is C26H30N4O4. The Morgan fingerprint density at radius 3 is 2.59 bits per heavy atom. The maximum Gasteiger partial charge on any atom is 0.243 e. The Bertz CT molecular complexity index is 1240. The number of fused-ring (bicyclic) bond motifs is 2. The Labute approximate surface area is 199 Å². The summed E-state index contributed by atoms with van der Waals surface area (Å²) >= 11 is 0. The Morgan fingerprint density at radius 2 is 1.82 bits per heavy atom. The van der Waals surface area contributed by atoms with E-state index in [0.29, 0.717) is 24.5 Å². The van der Waals surface area contributed by atoms with Gasteiger partial charge in [-0.25, -0.2) is 4.98 Å². The predicted molar refractivity (Wildman–Crippen MR) is 129 cm³/mol. The van der Waals surface area contributed by atoms with Crippen LogP contribution >= 0.6 is 0 Å². The molecule has 0 radical (unpaired) electrons. The zero-order valence-electron chi connectivity index (χ0n) is 20.0. The molecule has 34 heavy (non-hydrogen) atoms. The molecule has 3 aromatic rings. The van der Waals surface area contributed by atoms with Crippen molar-refractivity contribution in [1.82, 2.24) is 14.5 Å². The van der Waals surface area contributed by atoms with Crippen molar-refractivity contribution in [1.29, 1.82) is 0 Å². The van der Waals surface area contributed by atoms with Crippen LogP contribution in [0.15, 0.2) is 42.5 Å². The molecule has 8 heteroatoms. The molecule has 5 rings (SSSR count). The fraction of sp³-hybridized carbons (Fsp3) is 0.423. The van der Waals surface area contributed by atoms with Crippen molar-refractivity contribution < 1.29 is 19.1 Å². The number of para-hydroxylation sites is 2. The molecule has 0 N–H and O–H groups in total. The quantitative estimate of drug-likeness (QED) is 0.555. The number of hydrogen-bond donors (Lipinski definition) is 0. The summed E-state index contributed by atoms with van der Waals surface area (Å²) in [5, 5.41) is 0. The van der Waals surface area contributed by atoms with Crippen molar-refractivity contribution in [3.8, 4) is 11.5 Å². The summed E-state index contributed by atoms with van der Waals surface area (Å²) < 4.78 is 12.9. The number of carbonyl (C=O) groups is 2. The van der Waals surface area contributed by atoms with Crippen LogP contribution in [0.5, 0.6) is 11.5 Å². The molecule has 3 heterocycles. The van der Waals surface area contributed by atoms with Gasteiger partial charge in [-0.1, -0.05) is 12.1 Å². The van der Waals surface area contributed by atoms with Crippen LogP contribution in [0.3, 0.4) is 0 Å². The molecule has 0 spiro atoms. The second-order valence-electron chi connectivity index (χ2n) is 9.48. The minimum atomic E-state index is -0.121. The van der Waals surface area contributed by atoms with Crippen molar-refractivity contribution in [3.63, 3.8) is 0 Å². The van der Waals surface area contributed by atoms with Gasteiger partial charge in [0, 0.05) is 42.7 Å². The number of hydrogen-bond acceptors (Lipinski definition) is 5. The van der Waals surface area contributed by atoms with Crippen molar-refractivity contribution in [3.05, 3.63) is 48.3 Å². The number of anilines is 1. The second kappa shape index (κ2) is 8.66. The Hall–Kier alpha value is -3.55. The normalized spacial score (nSPS) is 17.4. The molecule has 0 bridgehead atoms. The van der Waals surface area contributed by atoms with E-state index in [1.165, 1.54) is 0 Å². The van der Waals surface area contributed by atoms with Crippen molar-refractivity contribution in [2.45, 2.75) is 58.7 Å². The van der Waals surface area contributed by atoms with E-state index in [2.05, 4.69) is 0 Å². The van der Waals surface area contributed by atoms with E-state index in [1.54, 1.807) is 4.90 Å². The molecule has 8 nitrogen and oxygen atoms in total. The molecule has 1 atom stereocenters. The minimum absolute atomic E-state index is 0.0276. The van der Waals surface area contributed by atoms with Crippen LogP contribution < -0.4 is 14.4 Å². The van der Waals surface area contributed by atoms with Gasteiger partial charge in [-0.05, 0) is 52.0 Å². The maximum atomic E-state index is 13.3. The summed E-state index contributed by atoms with van der Waals surface area (Å²) in [7, 11) is 0. The van der Waals surface area contributed by atoms with Gasteiger partial charge in [-0.3, -0.25) is 9.59 Å². The molecule has 1 fully saturated rings. The first kappa shape index (κ1) is 22.3. The lowest BCUT2D eigenvalue weighted by atomic mass is 10.1. The first-order valence-electron chi connectivity index (χ1n) is 11.8. The zero-order chi connectivity index (χ0) is 24.0. The van der Waals surface area contributed by atoms with Gasteiger partial charge in [-0.2, -0.15) is 0 Å². The van der Waals surface area contributed by atoms with Crippen LogP contribution in [0, 0.1) is 0 Å². The van der Waals surface area contributed by atoms with Gasteiger partial charge < -0.3 is 23.8 Å². The van der Waals surface area contributed by atoms with E-state index < -0.39 is 0 Å². The van der Waals surface area contributed by atoms with Crippen LogP contribution in [-0.2, 0) is 16.1 Å². The van der Waals surface area contributed by atoms with Crippen LogP contribution in [0.2, 0.25) is 0 Å². The van der Waals surface area contributed by atoms with E-state index in [4.69, 9.17) is 14.5 Å². The highest BCUT2D eigenvalue weighted by atomic mass is 16.7. The number of carbonyl (C=O) groups excluding carboxylic acids is 2. The summed E-state index contributed by atoms with van der Waals surface area (Å²) in [6, 6.07) is 13.6. The largest absolute Gasteiger partial charge is 0.454 e. The summed E-state index contributed by atoms with van der Waals surface area (Å²) in [6.45, 7) is 9.01. The summed E-state index contributed by atoms with van der Waals surface area (Å²) in [4.78, 5) is 34.9. The third-order valence-corrected chi connectivity index (χ3v) is 6.54. The molecule has 2 aromatic carbocycles. The van der Waals surface area contributed by atoms with Gasteiger partial charge >= 0.3 is 0 Å². The molecule has 2 amide bonds. The third-order valence-electron chi connectivity index (χ3n) is 6.54. The second-order valence-corrected chi connectivity index (χ2v) is 9.48. The van der Waals surface area contributed by atoms with Gasteiger partial charge in [0.05, 0.1) is 11.0 Å². The molecular weight excluding hydrogens is 432 g/mol. The first-order valence-corrected chi connectivity index (χ1v) is 11.8. The standard InChI is InChI=1S/C26H30N4O4/c1-16(2)30(17(3)4)25(32)14-29-21-8-6-5-7-20(21)27-26(29)18-11-24(31)28(13-18)19-9-10-22-23(12-19)34-15-33-22/h5-10,12,16-18H,11,13-15H2,1-4H3. The van der Waals surface area contributed by atoms with Gasteiger partial charge in [0.15, 0.2) is 11.5 Å². The summed E-state index contributed by atoms with van der Waals surface area (Å²) in [5.74, 6) is 2.07. The fourth-order valence-electron chi connectivity index (χ4n) is 5.14. The lowest BCUT2D eigenvalue weighted by molar-refractivity contribution is -0.135. The lowest BCUT2D eigenvalue weighted by Crippen LogP contribution is -2.44. The monoisotopic (exact) mass is 462 g/mol. The zero-order valence-corrected chi connectivity index (χ0v) is 20.0. The summed E-state index contributed by atoms with van der Waals surface area (Å²) in [5.41, 5.74) is 2.52. The number of ether oxygens (including phenoxy) is 2. The van der Waals surface area contributed by atoms with Crippen molar-refractivity contribution in [2.24, 2.45) is 0 Å². The Morgan fingerprint density at radius 1 is 1.09 bits per heavy atom. The molecule has 1 saturated heterocycles. The topological polar surface area (TPSA) is 76.9 Å². The van der Waals surface area contributed by atoms with Gasteiger partial charge in [0.25, 0.3) is 0 Å². The number of benzene rings is 2. The molecule has 2 aliphatic rings. The first-order chi connectivity index (χ1) is 16.3. The molecule has 1 unspecified atom stereocenters. The Balaban J connectivity index is 1.47. The average molecular weight is 463 g/mol. The van der Waals surface area contributed by atoms with E-state index in [0.717, 1.165) is 22.5 Å². The van der Waals surface area contributed by atoms with Crippen LogP contribution in [0.25, 0.3) is 11.0 Å². The smallest absolute Gasteiger partial charge is 0.243 e. The third kappa shape index (κ3) is 3.87. The number of nitrogens with zero attached hydrogens (tertiary/aromatic N) is 4. The molecule has 0 saturated carbocycles. The van der Waals surface area contributed by atoms with Gasteiger partial charge in [0.1, 0.15) is 12.4 Å². The van der Waals surface area contributed by atoms with Crippen LogP contribution in [0.4, 0.5) is 5.69 Å². The number of rotatable bonds is 6. The number of imidazole rings is 1. The highest BCUT2D eigenvalue weighted by Gasteiger charge is 2.36.